The predicted molar refractivity (Wildman–Crippen MR) is 91.1 cm³/mol. The average Bonchev–Trinajstić information content (AvgIpc) is 3.01. The Hall–Kier alpha value is -0.870. The standard InChI is InChI=1S/C16H16ClNS2/c1-10-7-8-13(19-10)11(2)18-9-15-16(17)12-5-3-4-6-14(12)20-15/h3-8,11,18H,9H2,1-2H3. The molecular formula is C16H16ClNS2. The van der Waals surface area contributed by atoms with E-state index in [4.69, 9.17) is 11.6 Å². The minimum absolute atomic E-state index is 0.356. The second kappa shape index (κ2) is 5.86. The second-order valence-corrected chi connectivity index (χ2v) is 7.72. The van der Waals surface area contributed by atoms with E-state index in [9.17, 15) is 0 Å². The van der Waals surface area contributed by atoms with E-state index in [1.54, 1.807) is 11.3 Å². The van der Waals surface area contributed by atoms with Crippen molar-refractivity contribution in [1.82, 2.24) is 5.32 Å². The van der Waals surface area contributed by atoms with Gasteiger partial charge in [-0.3, -0.25) is 0 Å². The average molecular weight is 322 g/mol. The van der Waals surface area contributed by atoms with Gasteiger partial charge in [-0.05, 0) is 32.0 Å². The number of hydrogen-bond acceptors (Lipinski definition) is 3. The summed E-state index contributed by atoms with van der Waals surface area (Å²) in [5.74, 6) is 0. The van der Waals surface area contributed by atoms with Crippen LogP contribution >= 0.6 is 34.3 Å². The summed E-state index contributed by atoms with van der Waals surface area (Å²) < 4.78 is 1.26. The van der Waals surface area contributed by atoms with Gasteiger partial charge in [-0.1, -0.05) is 29.8 Å². The molecule has 0 amide bonds. The highest BCUT2D eigenvalue weighted by Gasteiger charge is 2.12. The van der Waals surface area contributed by atoms with Crippen LogP contribution in [0.3, 0.4) is 0 Å². The molecule has 1 aromatic carbocycles. The molecule has 104 valence electrons. The summed E-state index contributed by atoms with van der Waals surface area (Å²) in [6, 6.07) is 13.0. The van der Waals surface area contributed by atoms with Gasteiger partial charge in [0.05, 0.1) is 5.02 Å². The molecule has 0 saturated heterocycles. The van der Waals surface area contributed by atoms with Crippen LogP contribution in [0.2, 0.25) is 5.02 Å². The van der Waals surface area contributed by atoms with Gasteiger partial charge in [0.15, 0.2) is 0 Å². The normalized spacial score (nSPS) is 12.9. The molecule has 2 heterocycles. The molecule has 0 spiro atoms. The van der Waals surface area contributed by atoms with Crippen LogP contribution in [0.1, 0.15) is 27.6 Å². The highest BCUT2D eigenvalue weighted by atomic mass is 35.5. The van der Waals surface area contributed by atoms with E-state index in [1.807, 2.05) is 17.4 Å². The number of hydrogen-bond donors (Lipinski definition) is 1. The summed E-state index contributed by atoms with van der Waals surface area (Å²) in [5.41, 5.74) is 0. The first-order valence-corrected chi connectivity index (χ1v) is 8.62. The molecule has 20 heavy (non-hydrogen) atoms. The number of thiophene rings is 2. The molecule has 0 fully saturated rings. The fourth-order valence-corrected chi connectivity index (χ4v) is 4.57. The van der Waals surface area contributed by atoms with Gasteiger partial charge in [-0.15, -0.1) is 22.7 Å². The number of halogens is 1. The van der Waals surface area contributed by atoms with E-state index in [1.165, 1.54) is 19.3 Å². The monoisotopic (exact) mass is 321 g/mol. The topological polar surface area (TPSA) is 12.0 Å². The lowest BCUT2D eigenvalue weighted by molar-refractivity contribution is 0.587. The van der Waals surface area contributed by atoms with Gasteiger partial charge < -0.3 is 5.32 Å². The Balaban J connectivity index is 1.75. The Morgan fingerprint density at radius 1 is 1.15 bits per heavy atom. The molecule has 1 unspecified atom stereocenters. The highest BCUT2D eigenvalue weighted by molar-refractivity contribution is 7.19. The van der Waals surface area contributed by atoms with E-state index in [-0.39, 0.29) is 0 Å². The molecule has 0 bridgehead atoms. The number of nitrogens with one attached hydrogen (secondary N) is 1. The molecule has 3 rings (SSSR count). The molecule has 0 aliphatic heterocycles. The van der Waals surface area contributed by atoms with Gasteiger partial charge in [0.25, 0.3) is 0 Å². The molecule has 0 saturated carbocycles. The van der Waals surface area contributed by atoms with Gasteiger partial charge >= 0.3 is 0 Å². The van der Waals surface area contributed by atoms with Crippen LogP contribution in [0, 0.1) is 6.92 Å². The Kier molecular flexibility index (Phi) is 4.13. The van der Waals surface area contributed by atoms with Crippen LogP contribution in [0.5, 0.6) is 0 Å². The Labute approximate surface area is 132 Å². The summed E-state index contributed by atoms with van der Waals surface area (Å²) >= 11 is 10.1. The lowest BCUT2D eigenvalue weighted by atomic mass is 10.2. The lowest BCUT2D eigenvalue weighted by Crippen LogP contribution is -2.16. The fourth-order valence-electron chi connectivity index (χ4n) is 2.21. The zero-order valence-corrected chi connectivity index (χ0v) is 13.8. The molecule has 0 radical (unpaired) electrons. The smallest absolute Gasteiger partial charge is 0.0636 e. The Morgan fingerprint density at radius 2 is 1.95 bits per heavy atom. The van der Waals surface area contributed by atoms with Gasteiger partial charge in [0, 0.05) is 37.3 Å². The second-order valence-electron chi connectivity index (χ2n) is 4.89. The van der Waals surface area contributed by atoms with Crippen molar-refractivity contribution < 1.29 is 0 Å². The van der Waals surface area contributed by atoms with E-state index >= 15 is 0 Å². The van der Waals surface area contributed by atoms with Gasteiger partial charge in [-0.25, -0.2) is 0 Å². The first kappa shape index (κ1) is 14.1. The molecule has 2 aromatic heterocycles. The number of fused-ring (bicyclic) bond motifs is 1. The van der Waals surface area contributed by atoms with Crippen LogP contribution in [-0.2, 0) is 6.54 Å². The predicted octanol–water partition coefficient (Wildman–Crippen LogP) is 5.78. The SMILES string of the molecule is Cc1ccc(C(C)NCc2sc3ccccc3c2Cl)s1. The largest absolute Gasteiger partial charge is 0.304 e. The summed E-state index contributed by atoms with van der Waals surface area (Å²) in [6.07, 6.45) is 0. The van der Waals surface area contributed by atoms with Gasteiger partial charge in [0.2, 0.25) is 0 Å². The molecule has 0 aliphatic carbocycles. The van der Waals surface area contributed by atoms with E-state index in [0.29, 0.717) is 6.04 Å². The van der Waals surface area contributed by atoms with E-state index in [0.717, 1.165) is 17.0 Å². The summed E-state index contributed by atoms with van der Waals surface area (Å²) in [4.78, 5) is 3.95. The third-order valence-electron chi connectivity index (χ3n) is 3.36. The van der Waals surface area contributed by atoms with Gasteiger partial charge in [-0.2, -0.15) is 0 Å². The van der Waals surface area contributed by atoms with Crippen molar-refractivity contribution in [1.29, 1.82) is 0 Å². The molecule has 1 nitrogen and oxygen atoms in total. The molecule has 4 heteroatoms. The lowest BCUT2D eigenvalue weighted by Gasteiger charge is -2.11. The van der Waals surface area contributed by atoms with Crippen molar-refractivity contribution in [2.45, 2.75) is 26.4 Å². The number of aryl methyl sites for hydroxylation is 1. The van der Waals surface area contributed by atoms with Gasteiger partial charge in [0.1, 0.15) is 0 Å². The van der Waals surface area contributed by atoms with Crippen molar-refractivity contribution >= 4 is 44.4 Å². The third kappa shape index (κ3) is 2.77. The van der Waals surface area contributed by atoms with Crippen molar-refractivity contribution in [3.63, 3.8) is 0 Å². The molecule has 0 aliphatic rings. The third-order valence-corrected chi connectivity index (χ3v) is 6.26. The first-order valence-electron chi connectivity index (χ1n) is 6.61. The van der Waals surface area contributed by atoms with Crippen molar-refractivity contribution in [3.8, 4) is 0 Å². The Morgan fingerprint density at radius 3 is 2.65 bits per heavy atom. The minimum atomic E-state index is 0.356. The fraction of sp³-hybridized carbons (Fsp3) is 0.250. The molecule has 1 atom stereocenters. The Bertz CT molecular complexity index is 729. The maximum Gasteiger partial charge on any atom is 0.0636 e. The van der Waals surface area contributed by atoms with Crippen LogP contribution in [0.25, 0.3) is 10.1 Å². The summed E-state index contributed by atoms with van der Waals surface area (Å²) in [7, 11) is 0. The maximum atomic E-state index is 6.46. The highest BCUT2D eigenvalue weighted by Crippen LogP contribution is 2.35. The van der Waals surface area contributed by atoms with E-state index in [2.05, 4.69) is 49.5 Å². The van der Waals surface area contributed by atoms with Crippen LogP contribution in [0.15, 0.2) is 36.4 Å². The van der Waals surface area contributed by atoms with Crippen molar-refractivity contribution in [2.24, 2.45) is 0 Å². The van der Waals surface area contributed by atoms with Crippen molar-refractivity contribution in [2.75, 3.05) is 0 Å². The summed E-state index contributed by atoms with van der Waals surface area (Å²) in [5, 5.41) is 5.63. The summed E-state index contributed by atoms with van der Waals surface area (Å²) in [6.45, 7) is 5.16. The number of rotatable bonds is 4. The van der Waals surface area contributed by atoms with Crippen LogP contribution < -0.4 is 5.32 Å². The number of benzene rings is 1. The zero-order chi connectivity index (χ0) is 14.1. The first-order chi connectivity index (χ1) is 9.65. The maximum absolute atomic E-state index is 6.46. The quantitative estimate of drug-likeness (QED) is 0.642. The van der Waals surface area contributed by atoms with E-state index < -0.39 is 0 Å². The molecule has 3 aromatic rings. The van der Waals surface area contributed by atoms with Crippen LogP contribution in [-0.4, -0.2) is 0 Å². The van der Waals surface area contributed by atoms with Crippen LogP contribution in [0.4, 0.5) is 0 Å². The minimum Gasteiger partial charge on any atom is -0.304 e. The molecular weight excluding hydrogens is 306 g/mol. The zero-order valence-electron chi connectivity index (χ0n) is 11.4. The molecule has 1 N–H and O–H groups in total. The van der Waals surface area contributed by atoms with Crippen molar-refractivity contribution in [3.05, 3.63) is 56.1 Å².